The molecule has 0 saturated carbocycles. The van der Waals surface area contributed by atoms with Crippen LogP contribution in [0.5, 0.6) is 5.75 Å². The number of pyridine rings is 1. The second kappa shape index (κ2) is 10.9. The minimum Gasteiger partial charge on any atom is -0.478 e. The zero-order valence-corrected chi connectivity index (χ0v) is 21.1. The van der Waals surface area contributed by atoms with Crippen LogP contribution in [0.15, 0.2) is 36.5 Å². The molecule has 1 atom stereocenters. The van der Waals surface area contributed by atoms with E-state index in [1.807, 2.05) is 0 Å². The van der Waals surface area contributed by atoms with Crippen LogP contribution < -0.4 is 10.1 Å². The molecule has 1 saturated heterocycles. The lowest BCUT2D eigenvalue weighted by Crippen LogP contribution is -2.42. The second-order valence-electron chi connectivity index (χ2n) is 9.08. The highest BCUT2D eigenvalue weighted by Gasteiger charge is 2.35. The first-order chi connectivity index (χ1) is 18.4. The number of nitrogens with zero attached hydrogens (tertiary/aromatic N) is 4. The summed E-state index contributed by atoms with van der Waals surface area (Å²) in [7, 11) is 0. The maximum Gasteiger partial charge on any atom is 0.433 e. The number of fused-ring (bicyclic) bond motifs is 1. The lowest BCUT2D eigenvalue weighted by molar-refractivity contribution is -0.154. The summed E-state index contributed by atoms with van der Waals surface area (Å²) in [5.74, 6) is -2.47. The van der Waals surface area contributed by atoms with Crippen molar-refractivity contribution in [2.24, 2.45) is 0 Å². The summed E-state index contributed by atoms with van der Waals surface area (Å²) in [5, 5.41) is 17.0. The highest BCUT2D eigenvalue weighted by Crippen LogP contribution is 2.34. The topological polar surface area (TPSA) is 136 Å². The monoisotopic (exact) mass is 549 g/mol. The Kier molecular flexibility index (Phi) is 7.77. The van der Waals surface area contributed by atoms with Crippen LogP contribution in [0.4, 0.5) is 18.9 Å². The molecule has 11 nitrogen and oxygen atoms in total. The molecule has 0 bridgehead atoms. The van der Waals surface area contributed by atoms with Crippen LogP contribution in [0.1, 0.15) is 36.5 Å². The van der Waals surface area contributed by atoms with Gasteiger partial charge >= 0.3 is 12.1 Å². The van der Waals surface area contributed by atoms with Gasteiger partial charge in [-0.3, -0.25) is 14.3 Å². The number of anilines is 1. The van der Waals surface area contributed by atoms with Crippen molar-refractivity contribution in [1.82, 2.24) is 19.7 Å². The number of benzene rings is 1. The van der Waals surface area contributed by atoms with Gasteiger partial charge in [-0.15, -0.1) is 0 Å². The Bertz CT molecular complexity index is 1400. The number of carbonyl (C=O) groups is 3. The van der Waals surface area contributed by atoms with Gasteiger partial charge in [0.2, 0.25) is 11.5 Å². The molecule has 39 heavy (non-hydrogen) atoms. The Morgan fingerprint density at radius 2 is 1.90 bits per heavy atom. The van der Waals surface area contributed by atoms with Gasteiger partial charge < -0.3 is 24.8 Å². The number of morpholine rings is 1. The van der Waals surface area contributed by atoms with Gasteiger partial charge in [-0.05, 0) is 31.5 Å². The smallest absolute Gasteiger partial charge is 0.433 e. The molecule has 3 heterocycles. The fraction of sp³-hybridized carbons (Fsp3) is 0.400. The average molecular weight is 550 g/mol. The minimum atomic E-state index is -4.75. The van der Waals surface area contributed by atoms with Gasteiger partial charge in [0.1, 0.15) is 23.7 Å². The predicted molar refractivity (Wildman–Crippen MR) is 131 cm³/mol. The van der Waals surface area contributed by atoms with Crippen molar-refractivity contribution < 1.29 is 42.1 Å². The fourth-order valence-corrected chi connectivity index (χ4v) is 3.83. The summed E-state index contributed by atoms with van der Waals surface area (Å²) < 4.78 is 51.8. The zero-order chi connectivity index (χ0) is 28.4. The zero-order valence-electron chi connectivity index (χ0n) is 21.1. The van der Waals surface area contributed by atoms with Crippen LogP contribution >= 0.6 is 0 Å². The van der Waals surface area contributed by atoms with Crippen LogP contribution in [-0.4, -0.2) is 74.5 Å². The number of halogens is 3. The van der Waals surface area contributed by atoms with Gasteiger partial charge in [0.05, 0.1) is 24.4 Å². The Morgan fingerprint density at radius 1 is 1.18 bits per heavy atom. The number of carboxylic acids is 1. The third-order valence-corrected chi connectivity index (χ3v) is 6.30. The number of amides is 2. The molecule has 208 valence electrons. The normalized spacial score (nSPS) is 15.6. The van der Waals surface area contributed by atoms with Crippen molar-refractivity contribution in [1.29, 1.82) is 0 Å². The molecule has 2 aromatic heterocycles. The molecule has 1 unspecified atom stereocenters. The highest BCUT2D eigenvalue weighted by molar-refractivity contribution is 6.05. The van der Waals surface area contributed by atoms with Gasteiger partial charge in [0, 0.05) is 30.7 Å². The van der Waals surface area contributed by atoms with Crippen molar-refractivity contribution in [2.75, 3.05) is 31.6 Å². The second-order valence-corrected chi connectivity index (χ2v) is 9.08. The molecule has 0 radical (unpaired) electrons. The summed E-state index contributed by atoms with van der Waals surface area (Å²) in [4.78, 5) is 42.5. The first-order valence-corrected chi connectivity index (χ1v) is 12.0. The van der Waals surface area contributed by atoms with E-state index in [1.165, 1.54) is 23.7 Å². The molecule has 1 aliphatic heterocycles. The van der Waals surface area contributed by atoms with Crippen LogP contribution in [-0.2, 0) is 27.0 Å². The minimum absolute atomic E-state index is 0.00769. The third kappa shape index (κ3) is 6.28. The molecular weight excluding hydrogens is 523 g/mol. The van der Waals surface area contributed by atoms with E-state index in [4.69, 9.17) is 9.47 Å². The van der Waals surface area contributed by atoms with E-state index in [9.17, 15) is 32.7 Å². The van der Waals surface area contributed by atoms with Crippen molar-refractivity contribution in [3.05, 3.63) is 47.9 Å². The molecule has 0 spiro atoms. The van der Waals surface area contributed by atoms with Gasteiger partial charge in [0.15, 0.2) is 0 Å². The molecule has 1 fully saturated rings. The van der Waals surface area contributed by atoms with E-state index in [0.29, 0.717) is 37.2 Å². The fourth-order valence-electron chi connectivity index (χ4n) is 3.83. The Hall–Kier alpha value is -4.20. The molecule has 4 rings (SSSR count). The standard InChI is InChI=1S/C25H26F3N5O6/c1-3-24(2,23(36)37)39-19-12-17-15(13-33(31-17)14-21(34)32-7-9-38-10-8-32)11-18(19)30-22(35)16-5-4-6-20(29-16)25(26,27)28/h4-6,11-13H,3,7-10,14H2,1-2H3,(H,30,35)(H,36,37). The van der Waals surface area contributed by atoms with E-state index in [0.717, 1.165) is 18.2 Å². The van der Waals surface area contributed by atoms with Crippen molar-refractivity contribution in [3.8, 4) is 5.75 Å². The van der Waals surface area contributed by atoms with E-state index in [-0.39, 0.29) is 30.3 Å². The average Bonchev–Trinajstić information content (AvgIpc) is 3.29. The molecule has 1 aromatic carbocycles. The quantitative estimate of drug-likeness (QED) is 0.437. The maximum absolute atomic E-state index is 13.1. The van der Waals surface area contributed by atoms with E-state index < -0.39 is 35.0 Å². The highest BCUT2D eigenvalue weighted by atomic mass is 19.4. The number of carboxylic acid groups (broad SMARTS) is 1. The lowest BCUT2D eigenvalue weighted by atomic mass is 10.0. The summed E-state index contributed by atoms with van der Waals surface area (Å²) >= 11 is 0. The summed E-state index contributed by atoms with van der Waals surface area (Å²) in [6, 6.07) is 5.75. The number of hydrogen-bond acceptors (Lipinski definition) is 7. The summed E-state index contributed by atoms with van der Waals surface area (Å²) in [6.07, 6.45) is -3.13. The molecule has 0 aliphatic carbocycles. The number of carbonyl (C=O) groups excluding carboxylic acids is 2. The number of ether oxygens (including phenoxy) is 2. The number of aliphatic carboxylic acids is 1. The SMILES string of the molecule is CCC(C)(Oc1cc2nn(CC(=O)N3CCOCC3)cc2cc1NC(=O)c1cccc(C(F)(F)F)n1)C(=O)O. The third-order valence-electron chi connectivity index (χ3n) is 6.30. The number of rotatable bonds is 8. The van der Waals surface area contributed by atoms with Crippen LogP contribution in [0.3, 0.4) is 0 Å². The van der Waals surface area contributed by atoms with E-state index >= 15 is 0 Å². The van der Waals surface area contributed by atoms with Crippen LogP contribution in [0, 0.1) is 0 Å². The van der Waals surface area contributed by atoms with Crippen LogP contribution in [0.25, 0.3) is 10.9 Å². The number of nitrogens with one attached hydrogen (secondary N) is 1. The summed E-state index contributed by atoms with van der Waals surface area (Å²) in [6.45, 7) is 4.68. The van der Waals surface area contributed by atoms with Gasteiger partial charge in [-0.2, -0.15) is 18.3 Å². The van der Waals surface area contributed by atoms with Crippen molar-refractivity contribution in [2.45, 2.75) is 38.6 Å². The Morgan fingerprint density at radius 3 is 2.54 bits per heavy atom. The van der Waals surface area contributed by atoms with Gasteiger partial charge in [0.25, 0.3) is 5.91 Å². The molecule has 2 N–H and O–H groups in total. The number of alkyl halides is 3. The van der Waals surface area contributed by atoms with Gasteiger partial charge in [-0.1, -0.05) is 13.0 Å². The van der Waals surface area contributed by atoms with Crippen molar-refractivity contribution in [3.63, 3.8) is 0 Å². The Balaban J connectivity index is 1.68. The first kappa shape index (κ1) is 27.8. The van der Waals surface area contributed by atoms with Crippen molar-refractivity contribution >= 4 is 34.4 Å². The molecule has 14 heteroatoms. The first-order valence-electron chi connectivity index (χ1n) is 12.0. The van der Waals surface area contributed by atoms with Crippen LogP contribution in [0.2, 0.25) is 0 Å². The van der Waals surface area contributed by atoms with E-state index in [2.05, 4.69) is 15.4 Å². The molecule has 2 amide bonds. The number of aromatic nitrogens is 3. The Labute approximate surface area is 220 Å². The molecule has 1 aliphatic rings. The molecule has 3 aromatic rings. The largest absolute Gasteiger partial charge is 0.478 e. The maximum atomic E-state index is 13.1. The molecular formula is C25H26F3N5O6. The summed E-state index contributed by atoms with van der Waals surface area (Å²) in [5.41, 5.74) is -3.08. The number of hydrogen-bond donors (Lipinski definition) is 2. The lowest BCUT2D eigenvalue weighted by Gasteiger charge is -2.26. The predicted octanol–water partition coefficient (Wildman–Crippen LogP) is 3.19. The van der Waals surface area contributed by atoms with Gasteiger partial charge in [-0.25, -0.2) is 9.78 Å². The van der Waals surface area contributed by atoms with E-state index in [1.54, 1.807) is 18.0 Å².